The molecule has 96 valence electrons. The SMILES string of the molecule is CCC(CN)C(=O)N(CC)Cc1ccc(Cl)s1. The van der Waals surface area contributed by atoms with Crippen LogP contribution in [-0.4, -0.2) is 23.9 Å². The summed E-state index contributed by atoms with van der Waals surface area (Å²) in [5.41, 5.74) is 5.61. The Bertz CT molecular complexity index is 363. The Labute approximate surface area is 112 Å². The predicted molar refractivity (Wildman–Crippen MR) is 73.3 cm³/mol. The van der Waals surface area contributed by atoms with E-state index in [1.165, 1.54) is 11.3 Å². The molecular formula is C12H19ClN2OS. The van der Waals surface area contributed by atoms with E-state index in [0.29, 0.717) is 19.6 Å². The molecular weight excluding hydrogens is 256 g/mol. The van der Waals surface area contributed by atoms with Crippen molar-refractivity contribution in [3.8, 4) is 0 Å². The molecule has 0 radical (unpaired) electrons. The van der Waals surface area contributed by atoms with E-state index in [1.54, 1.807) is 0 Å². The lowest BCUT2D eigenvalue weighted by atomic mass is 10.1. The van der Waals surface area contributed by atoms with Gasteiger partial charge < -0.3 is 10.6 Å². The minimum absolute atomic E-state index is 0.0645. The van der Waals surface area contributed by atoms with Crippen molar-refractivity contribution in [1.29, 1.82) is 0 Å². The Balaban J connectivity index is 2.68. The van der Waals surface area contributed by atoms with Gasteiger partial charge in [-0.05, 0) is 25.5 Å². The van der Waals surface area contributed by atoms with E-state index in [2.05, 4.69) is 0 Å². The second-order valence-electron chi connectivity index (χ2n) is 3.90. The van der Waals surface area contributed by atoms with Gasteiger partial charge in [-0.2, -0.15) is 0 Å². The molecule has 1 rings (SSSR count). The first-order valence-corrected chi connectivity index (χ1v) is 7.04. The van der Waals surface area contributed by atoms with E-state index >= 15 is 0 Å². The summed E-state index contributed by atoms with van der Waals surface area (Å²) in [6.45, 7) is 5.72. The first kappa shape index (κ1) is 14.5. The average Bonchev–Trinajstić information content (AvgIpc) is 2.73. The number of halogens is 1. The molecule has 0 saturated heterocycles. The third-order valence-electron chi connectivity index (χ3n) is 2.80. The molecule has 0 aliphatic heterocycles. The van der Waals surface area contributed by atoms with E-state index in [4.69, 9.17) is 17.3 Å². The van der Waals surface area contributed by atoms with Gasteiger partial charge in [0.25, 0.3) is 0 Å². The highest BCUT2D eigenvalue weighted by atomic mass is 35.5. The normalized spacial score (nSPS) is 12.5. The number of carbonyl (C=O) groups excluding carboxylic acids is 1. The van der Waals surface area contributed by atoms with Gasteiger partial charge in [0.05, 0.1) is 16.8 Å². The van der Waals surface area contributed by atoms with Crippen molar-refractivity contribution in [2.24, 2.45) is 11.7 Å². The molecule has 1 aromatic rings. The summed E-state index contributed by atoms with van der Waals surface area (Å²) in [6.07, 6.45) is 0.789. The van der Waals surface area contributed by atoms with E-state index in [0.717, 1.165) is 15.6 Å². The molecule has 1 aromatic heterocycles. The molecule has 1 heterocycles. The lowest BCUT2D eigenvalue weighted by molar-refractivity contribution is -0.135. The number of nitrogens with two attached hydrogens (primary N) is 1. The average molecular weight is 275 g/mol. The van der Waals surface area contributed by atoms with E-state index in [9.17, 15) is 4.79 Å². The maximum atomic E-state index is 12.2. The van der Waals surface area contributed by atoms with Gasteiger partial charge in [0, 0.05) is 18.0 Å². The molecule has 0 saturated carbocycles. The summed E-state index contributed by atoms with van der Waals surface area (Å²) in [5.74, 6) is 0.0763. The standard InChI is InChI=1S/C12H19ClN2OS/c1-3-9(7-14)12(16)15(4-2)8-10-5-6-11(13)17-10/h5-6,9H,3-4,7-8,14H2,1-2H3. The Morgan fingerprint density at radius 2 is 2.24 bits per heavy atom. The van der Waals surface area contributed by atoms with E-state index < -0.39 is 0 Å². The highest BCUT2D eigenvalue weighted by Crippen LogP contribution is 2.23. The zero-order valence-electron chi connectivity index (χ0n) is 10.3. The van der Waals surface area contributed by atoms with Crippen molar-refractivity contribution in [2.75, 3.05) is 13.1 Å². The van der Waals surface area contributed by atoms with E-state index in [-0.39, 0.29) is 11.8 Å². The fourth-order valence-corrected chi connectivity index (χ4v) is 2.77. The minimum atomic E-state index is -0.0645. The largest absolute Gasteiger partial charge is 0.338 e. The number of hydrogen-bond donors (Lipinski definition) is 1. The van der Waals surface area contributed by atoms with Crippen LogP contribution < -0.4 is 5.73 Å². The Hall–Kier alpha value is -0.580. The van der Waals surface area contributed by atoms with Gasteiger partial charge in [-0.15, -0.1) is 11.3 Å². The Morgan fingerprint density at radius 1 is 1.53 bits per heavy atom. The van der Waals surface area contributed by atoms with E-state index in [1.807, 2.05) is 30.9 Å². The van der Waals surface area contributed by atoms with Crippen molar-refractivity contribution in [3.63, 3.8) is 0 Å². The van der Waals surface area contributed by atoms with Crippen molar-refractivity contribution < 1.29 is 4.79 Å². The molecule has 0 aliphatic carbocycles. The zero-order chi connectivity index (χ0) is 12.8. The summed E-state index contributed by atoms with van der Waals surface area (Å²) in [6, 6.07) is 3.83. The highest BCUT2D eigenvalue weighted by molar-refractivity contribution is 7.16. The highest BCUT2D eigenvalue weighted by Gasteiger charge is 2.21. The smallest absolute Gasteiger partial charge is 0.227 e. The van der Waals surface area contributed by atoms with Crippen LogP contribution in [0.1, 0.15) is 25.1 Å². The second kappa shape index (κ2) is 6.99. The van der Waals surface area contributed by atoms with Crippen molar-refractivity contribution in [1.82, 2.24) is 4.90 Å². The maximum Gasteiger partial charge on any atom is 0.227 e. The van der Waals surface area contributed by atoms with Crippen LogP contribution in [0.15, 0.2) is 12.1 Å². The van der Waals surface area contributed by atoms with Gasteiger partial charge in [0.15, 0.2) is 0 Å². The van der Waals surface area contributed by atoms with Gasteiger partial charge in [0.2, 0.25) is 5.91 Å². The quantitative estimate of drug-likeness (QED) is 0.867. The summed E-state index contributed by atoms with van der Waals surface area (Å²) in [4.78, 5) is 15.1. The zero-order valence-corrected chi connectivity index (χ0v) is 11.9. The molecule has 5 heteroatoms. The third-order valence-corrected chi connectivity index (χ3v) is 4.01. The van der Waals surface area contributed by atoms with Crippen LogP contribution in [0.4, 0.5) is 0 Å². The molecule has 1 unspecified atom stereocenters. The topological polar surface area (TPSA) is 46.3 Å². The van der Waals surface area contributed by atoms with Gasteiger partial charge in [-0.25, -0.2) is 0 Å². The number of rotatable bonds is 6. The third kappa shape index (κ3) is 3.98. The molecule has 0 fully saturated rings. The maximum absolute atomic E-state index is 12.2. The number of hydrogen-bond acceptors (Lipinski definition) is 3. The van der Waals surface area contributed by atoms with Crippen molar-refractivity contribution >= 4 is 28.8 Å². The second-order valence-corrected chi connectivity index (χ2v) is 5.70. The monoisotopic (exact) mass is 274 g/mol. The predicted octanol–water partition coefficient (Wildman–Crippen LogP) is 2.73. The first-order chi connectivity index (χ1) is 8.12. The van der Waals surface area contributed by atoms with Gasteiger partial charge in [0.1, 0.15) is 0 Å². The molecule has 17 heavy (non-hydrogen) atoms. The fraction of sp³-hybridized carbons (Fsp3) is 0.583. The lowest BCUT2D eigenvalue weighted by Crippen LogP contribution is -2.38. The Kier molecular flexibility index (Phi) is 5.95. The summed E-state index contributed by atoms with van der Waals surface area (Å²) in [5, 5.41) is 0. The van der Waals surface area contributed by atoms with Crippen LogP contribution in [0, 0.1) is 5.92 Å². The van der Waals surface area contributed by atoms with Crippen LogP contribution in [0.5, 0.6) is 0 Å². The molecule has 0 bridgehead atoms. The molecule has 0 spiro atoms. The van der Waals surface area contributed by atoms with Gasteiger partial charge >= 0.3 is 0 Å². The molecule has 1 atom stereocenters. The van der Waals surface area contributed by atoms with Crippen LogP contribution in [0.2, 0.25) is 4.34 Å². The van der Waals surface area contributed by atoms with Crippen LogP contribution in [0.3, 0.4) is 0 Å². The molecule has 0 aromatic carbocycles. The lowest BCUT2D eigenvalue weighted by Gasteiger charge is -2.24. The fourth-order valence-electron chi connectivity index (χ4n) is 1.67. The summed E-state index contributed by atoms with van der Waals surface area (Å²) in [7, 11) is 0. The van der Waals surface area contributed by atoms with Crippen LogP contribution in [-0.2, 0) is 11.3 Å². The van der Waals surface area contributed by atoms with Crippen molar-refractivity contribution in [2.45, 2.75) is 26.8 Å². The number of nitrogens with zero attached hydrogens (tertiary/aromatic N) is 1. The van der Waals surface area contributed by atoms with Gasteiger partial charge in [-0.1, -0.05) is 18.5 Å². The number of thiophene rings is 1. The van der Waals surface area contributed by atoms with Crippen LogP contribution >= 0.6 is 22.9 Å². The summed E-state index contributed by atoms with van der Waals surface area (Å²) < 4.78 is 0.759. The van der Waals surface area contributed by atoms with Crippen LogP contribution in [0.25, 0.3) is 0 Å². The number of amides is 1. The Morgan fingerprint density at radius 3 is 2.65 bits per heavy atom. The molecule has 0 aliphatic rings. The molecule has 2 N–H and O–H groups in total. The molecule has 3 nitrogen and oxygen atoms in total. The first-order valence-electron chi connectivity index (χ1n) is 5.85. The van der Waals surface area contributed by atoms with Crippen molar-refractivity contribution in [3.05, 3.63) is 21.3 Å². The number of carbonyl (C=O) groups is 1. The molecule has 1 amide bonds. The van der Waals surface area contributed by atoms with Gasteiger partial charge in [-0.3, -0.25) is 4.79 Å². The minimum Gasteiger partial charge on any atom is -0.338 e. The summed E-state index contributed by atoms with van der Waals surface area (Å²) >= 11 is 7.39.